The molecule has 2 aromatic rings. The molecular formula is C21H22Cl2N2O6S2. The number of aliphatic imine (C=N–C) groups is 1. The van der Waals surface area contributed by atoms with E-state index in [1.807, 2.05) is 0 Å². The van der Waals surface area contributed by atoms with Gasteiger partial charge < -0.3 is 5.11 Å². The minimum atomic E-state index is -4.22. The molecule has 0 bridgehead atoms. The zero-order valence-corrected chi connectivity index (χ0v) is 21.1. The number of aromatic nitrogens is 1. The fourth-order valence-corrected chi connectivity index (χ4v) is 6.25. The quantitative estimate of drug-likeness (QED) is 0.409. The van der Waals surface area contributed by atoms with Crippen molar-refractivity contribution in [1.82, 2.24) is 4.98 Å². The molecule has 0 aliphatic carbocycles. The van der Waals surface area contributed by atoms with E-state index < -0.39 is 43.0 Å². The normalized spacial score (nSPS) is 21.2. The first-order chi connectivity index (χ1) is 15.2. The van der Waals surface area contributed by atoms with E-state index in [2.05, 4.69) is 9.98 Å². The Bertz CT molecular complexity index is 1330. The Morgan fingerprint density at radius 3 is 2.42 bits per heavy atom. The minimum absolute atomic E-state index is 0.0283. The zero-order valence-electron chi connectivity index (χ0n) is 17.9. The van der Waals surface area contributed by atoms with Crippen LogP contribution in [0.2, 0.25) is 10.2 Å². The Balaban J connectivity index is 2.24. The van der Waals surface area contributed by atoms with Gasteiger partial charge in [-0.15, -0.1) is 0 Å². The average molecular weight is 533 g/mol. The molecule has 0 fully saturated rings. The third-order valence-electron chi connectivity index (χ3n) is 5.17. The number of hydrogen-bond acceptors (Lipinski definition) is 8. The fourth-order valence-electron chi connectivity index (χ4n) is 3.59. The summed E-state index contributed by atoms with van der Waals surface area (Å²) in [5.74, 6) is -0.965. The largest absolute Gasteiger partial charge is 0.380 e. The van der Waals surface area contributed by atoms with Gasteiger partial charge in [-0.2, -0.15) is 8.42 Å². The van der Waals surface area contributed by atoms with Crippen LogP contribution in [-0.4, -0.2) is 56.8 Å². The number of halogens is 2. The Hall–Kier alpha value is -1.82. The highest BCUT2D eigenvalue weighted by Crippen LogP contribution is 2.40. The van der Waals surface area contributed by atoms with Gasteiger partial charge in [-0.05, 0) is 55.8 Å². The second-order valence-corrected chi connectivity index (χ2v) is 12.4. The molecule has 1 aliphatic heterocycles. The van der Waals surface area contributed by atoms with E-state index in [1.54, 1.807) is 13.0 Å². The summed E-state index contributed by atoms with van der Waals surface area (Å²) in [6.07, 6.45) is 3.57. The summed E-state index contributed by atoms with van der Waals surface area (Å²) < 4.78 is 56.5. The molecule has 1 aromatic heterocycles. The molecule has 3 unspecified atom stereocenters. The molecule has 8 nitrogen and oxygen atoms in total. The number of allylic oxidation sites excluding steroid dienone is 1. The van der Waals surface area contributed by atoms with E-state index in [4.69, 9.17) is 27.4 Å². The van der Waals surface area contributed by atoms with Gasteiger partial charge in [0.05, 0.1) is 22.6 Å². The lowest BCUT2D eigenvalue weighted by Crippen LogP contribution is -2.57. The lowest BCUT2D eigenvalue weighted by Gasteiger charge is -2.41. The van der Waals surface area contributed by atoms with Gasteiger partial charge in [-0.25, -0.2) is 13.4 Å². The minimum Gasteiger partial charge on any atom is -0.380 e. The Morgan fingerprint density at radius 1 is 1.18 bits per heavy atom. The molecule has 0 saturated heterocycles. The molecule has 1 aliphatic rings. The SMILES string of the molecule is Cc1cc(S(=O)(=O)CC(O)(c2cccc(Cl)n2)C(OS(C)(=O)=O)C2(C)C=CC=N2)ccc1Cl. The Morgan fingerprint density at radius 2 is 1.88 bits per heavy atom. The fraction of sp³-hybridized carbons (Fsp3) is 0.333. The third-order valence-corrected chi connectivity index (χ3v) is 8.13. The van der Waals surface area contributed by atoms with Crippen LogP contribution < -0.4 is 0 Å². The first-order valence-electron chi connectivity index (χ1n) is 9.62. The summed E-state index contributed by atoms with van der Waals surface area (Å²) in [4.78, 5) is 8.21. The van der Waals surface area contributed by atoms with Gasteiger partial charge in [0.2, 0.25) is 0 Å². The van der Waals surface area contributed by atoms with E-state index in [0.717, 1.165) is 6.26 Å². The van der Waals surface area contributed by atoms with Gasteiger partial charge in [0, 0.05) is 11.2 Å². The van der Waals surface area contributed by atoms with Gasteiger partial charge in [-0.3, -0.25) is 9.18 Å². The molecule has 0 saturated carbocycles. The molecule has 1 N–H and O–H groups in total. The second kappa shape index (κ2) is 9.09. The van der Waals surface area contributed by atoms with Crippen LogP contribution in [0.15, 0.2) is 58.4 Å². The maximum Gasteiger partial charge on any atom is 0.264 e. The number of pyridine rings is 1. The van der Waals surface area contributed by atoms with Crippen LogP contribution >= 0.6 is 23.2 Å². The smallest absolute Gasteiger partial charge is 0.264 e. The Labute approximate surface area is 203 Å². The zero-order chi connectivity index (χ0) is 24.7. The van der Waals surface area contributed by atoms with Crippen molar-refractivity contribution >= 4 is 49.4 Å². The highest BCUT2D eigenvalue weighted by Gasteiger charge is 2.54. The molecule has 0 spiro atoms. The molecule has 1 aromatic carbocycles. The van der Waals surface area contributed by atoms with Crippen LogP contribution in [0.4, 0.5) is 0 Å². The topological polar surface area (TPSA) is 123 Å². The van der Waals surface area contributed by atoms with E-state index in [1.165, 1.54) is 55.6 Å². The summed E-state index contributed by atoms with van der Waals surface area (Å²) in [7, 11) is -8.39. The lowest BCUT2D eigenvalue weighted by atomic mass is 9.81. The van der Waals surface area contributed by atoms with Crippen molar-refractivity contribution in [3.63, 3.8) is 0 Å². The van der Waals surface area contributed by atoms with Crippen molar-refractivity contribution in [2.45, 2.75) is 36.0 Å². The molecule has 33 heavy (non-hydrogen) atoms. The number of sulfone groups is 1. The van der Waals surface area contributed by atoms with Crippen LogP contribution in [0, 0.1) is 6.92 Å². The Kier molecular flexibility index (Phi) is 7.10. The predicted octanol–water partition coefficient (Wildman–Crippen LogP) is 3.10. The molecule has 3 rings (SSSR count). The van der Waals surface area contributed by atoms with Gasteiger partial charge in [0.25, 0.3) is 10.1 Å². The van der Waals surface area contributed by atoms with E-state index in [-0.39, 0.29) is 15.7 Å². The van der Waals surface area contributed by atoms with Gasteiger partial charge in [0.15, 0.2) is 15.4 Å². The predicted molar refractivity (Wildman–Crippen MR) is 127 cm³/mol. The average Bonchev–Trinajstić information content (AvgIpc) is 3.14. The van der Waals surface area contributed by atoms with Crippen molar-refractivity contribution in [1.29, 1.82) is 0 Å². The summed E-state index contributed by atoms with van der Waals surface area (Å²) in [6, 6.07) is 8.34. The standard InChI is InChI=1S/C21H22Cl2N2O6S2/c1-14-12-15(8-9-16(14)22)33(29,30)13-21(26,17-6-4-7-18(23)25-17)19(31-32(3,27)28)20(2)10-5-11-24-20/h4-12,19,26H,13H2,1-3H3. The lowest BCUT2D eigenvalue weighted by molar-refractivity contribution is -0.0714. The van der Waals surface area contributed by atoms with Crippen LogP contribution in [0.3, 0.4) is 0 Å². The van der Waals surface area contributed by atoms with E-state index >= 15 is 0 Å². The molecule has 12 heteroatoms. The summed E-state index contributed by atoms with van der Waals surface area (Å²) in [6.45, 7) is 3.15. The molecular weight excluding hydrogens is 511 g/mol. The molecule has 3 atom stereocenters. The molecule has 0 amide bonds. The number of aliphatic hydroxyl groups is 1. The number of aryl methyl sites for hydroxylation is 1. The number of rotatable bonds is 8. The van der Waals surface area contributed by atoms with Gasteiger partial charge in [-0.1, -0.05) is 35.3 Å². The van der Waals surface area contributed by atoms with E-state index in [0.29, 0.717) is 10.6 Å². The first-order valence-corrected chi connectivity index (χ1v) is 13.8. The summed E-state index contributed by atoms with van der Waals surface area (Å²) in [5.41, 5.74) is -3.56. The highest BCUT2D eigenvalue weighted by molar-refractivity contribution is 7.91. The van der Waals surface area contributed by atoms with Crippen molar-refractivity contribution in [2.75, 3.05) is 12.0 Å². The molecule has 2 heterocycles. The van der Waals surface area contributed by atoms with Gasteiger partial charge in [0.1, 0.15) is 16.8 Å². The number of benzene rings is 1. The highest BCUT2D eigenvalue weighted by atomic mass is 35.5. The van der Waals surface area contributed by atoms with E-state index in [9.17, 15) is 21.9 Å². The monoisotopic (exact) mass is 532 g/mol. The van der Waals surface area contributed by atoms with Crippen molar-refractivity contribution in [3.8, 4) is 0 Å². The number of nitrogens with zero attached hydrogens (tertiary/aromatic N) is 2. The van der Waals surface area contributed by atoms with Crippen LogP contribution in [0.25, 0.3) is 0 Å². The van der Waals surface area contributed by atoms with Crippen molar-refractivity contribution in [2.24, 2.45) is 4.99 Å². The first kappa shape index (κ1) is 25.8. The number of hydrogen-bond donors (Lipinski definition) is 1. The molecule has 178 valence electrons. The second-order valence-electron chi connectivity index (χ2n) is 7.98. The van der Waals surface area contributed by atoms with Crippen molar-refractivity contribution in [3.05, 3.63) is 70.0 Å². The van der Waals surface area contributed by atoms with Crippen LogP contribution in [-0.2, 0) is 29.7 Å². The maximum absolute atomic E-state index is 13.4. The summed E-state index contributed by atoms with van der Waals surface area (Å²) in [5, 5.41) is 12.3. The third kappa shape index (κ3) is 5.64. The molecule has 0 radical (unpaired) electrons. The van der Waals surface area contributed by atoms with Crippen LogP contribution in [0.5, 0.6) is 0 Å². The van der Waals surface area contributed by atoms with Gasteiger partial charge >= 0.3 is 0 Å². The maximum atomic E-state index is 13.4. The van der Waals surface area contributed by atoms with Crippen LogP contribution in [0.1, 0.15) is 18.2 Å². The van der Waals surface area contributed by atoms with Crippen molar-refractivity contribution < 1.29 is 26.1 Å². The summed E-state index contributed by atoms with van der Waals surface area (Å²) >= 11 is 12.0.